The van der Waals surface area contributed by atoms with Crippen molar-refractivity contribution in [3.63, 3.8) is 0 Å². The van der Waals surface area contributed by atoms with Crippen molar-refractivity contribution < 1.29 is 8.78 Å². The molecule has 1 aliphatic rings. The summed E-state index contributed by atoms with van der Waals surface area (Å²) in [6.07, 6.45) is 3.32. The number of alkyl halides is 2. The van der Waals surface area contributed by atoms with E-state index in [4.69, 9.17) is 0 Å². The van der Waals surface area contributed by atoms with Gasteiger partial charge in [-0.05, 0) is 49.7 Å². The second-order valence-electron chi connectivity index (χ2n) is 6.38. The Morgan fingerprint density at radius 1 is 0.950 bits per heavy atom. The summed E-state index contributed by atoms with van der Waals surface area (Å²) in [6.45, 7) is 5.65. The predicted molar refractivity (Wildman–Crippen MR) is 80.0 cm³/mol. The largest absolute Gasteiger partial charge is 0.269 e. The van der Waals surface area contributed by atoms with Crippen molar-refractivity contribution in [2.45, 2.75) is 58.8 Å². The Morgan fingerprint density at radius 2 is 1.55 bits per heavy atom. The molecule has 0 amide bonds. The molecule has 2 rings (SSSR count). The van der Waals surface area contributed by atoms with Gasteiger partial charge >= 0.3 is 0 Å². The maximum atomic E-state index is 14.1. The first-order chi connectivity index (χ1) is 9.35. The number of rotatable bonds is 2. The highest BCUT2D eigenvalue weighted by atomic mass is 19.3. The third-order valence-electron chi connectivity index (χ3n) is 4.92. The molecule has 1 aromatic rings. The van der Waals surface area contributed by atoms with E-state index in [9.17, 15) is 8.78 Å². The molecule has 0 bridgehead atoms. The number of halogens is 2. The van der Waals surface area contributed by atoms with E-state index in [1.54, 1.807) is 6.92 Å². The van der Waals surface area contributed by atoms with Gasteiger partial charge < -0.3 is 0 Å². The Balaban J connectivity index is 2.36. The Kier molecular flexibility index (Phi) is 4.31. The summed E-state index contributed by atoms with van der Waals surface area (Å²) >= 11 is 0. The van der Waals surface area contributed by atoms with Gasteiger partial charge in [0.2, 0.25) is 0 Å². The van der Waals surface area contributed by atoms with Gasteiger partial charge in [-0.15, -0.1) is 0 Å². The number of benzene rings is 1. The van der Waals surface area contributed by atoms with E-state index < -0.39 is 5.92 Å². The Bertz CT molecular complexity index is 487. The van der Waals surface area contributed by atoms with Crippen molar-refractivity contribution in [2.75, 3.05) is 0 Å². The molecule has 0 aromatic heterocycles. The summed E-state index contributed by atoms with van der Waals surface area (Å²) in [5.41, 5.74) is 2.24. The van der Waals surface area contributed by atoms with Gasteiger partial charge in [0, 0.05) is 6.42 Å². The zero-order valence-corrected chi connectivity index (χ0v) is 12.7. The van der Waals surface area contributed by atoms with E-state index in [2.05, 4.69) is 19.1 Å². The highest BCUT2D eigenvalue weighted by Gasteiger charge is 2.39. The Labute approximate surface area is 120 Å². The summed E-state index contributed by atoms with van der Waals surface area (Å²) in [6, 6.07) is 10.2. The van der Waals surface area contributed by atoms with E-state index in [0.29, 0.717) is 6.42 Å². The lowest BCUT2D eigenvalue weighted by Crippen LogP contribution is -2.29. The Hall–Kier alpha value is -1.18. The fraction of sp³-hybridized carbons (Fsp3) is 0.556. The first kappa shape index (κ1) is 15.2. The topological polar surface area (TPSA) is 0 Å². The lowest BCUT2D eigenvalue weighted by molar-refractivity contribution is 0.0226. The van der Waals surface area contributed by atoms with E-state index >= 15 is 0 Å². The van der Waals surface area contributed by atoms with Crippen LogP contribution in [-0.2, 0) is 6.42 Å². The van der Waals surface area contributed by atoms with Gasteiger partial charge in [-0.25, -0.2) is 8.78 Å². The van der Waals surface area contributed by atoms with Crippen LogP contribution in [0.3, 0.4) is 0 Å². The summed E-state index contributed by atoms with van der Waals surface area (Å²) in [7, 11) is 0. The van der Waals surface area contributed by atoms with Crippen molar-refractivity contribution in [3.05, 3.63) is 47.0 Å². The molecular formula is C18H24F2. The lowest BCUT2D eigenvalue weighted by atomic mass is 9.70. The van der Waals surface area contributed by atoms with Gasteiger partial charge in [0.25, 0.3) is 5.92 Å². The van der Waals surface area contributed by atoms with Crippen LogP contribution in [0.5, 0.6) is 0 Å². The lowest BCUT2D eigenvalue weighted by Gasteiger charge is -2.36. The molecule has 0 radical (unpaired) electrons. The van der Waals surface area contributed by atoms with Crippen LogP contribution in [0.25, 0.3) is 0 Å². The molecule has 110 valence electrons. The van der Waals surface area contributed by atoms with Crippen molar-refractivity contribution in [1.82, 2.24) is 0 Å². The SMILES string of the molecule is C/C1=C(\C)C(C)(Cc2ccccc2)CCCCC1(F)F. The van der Waals surface area contributed by atoms with Crippen LogP contribution >= 0.6 is 0 Å². The normalized spacial score (nSPS) is 30.6. The maximum absolute atomic E-state index is 14.1. The van der Waals surface area contributed by atoms with Crippen LogP contribution < -0.4 is 0 Å². The first-order valence-corrected chi connectivity index (χ1v) is 7.45. The standard InChI is InChI=1S/C18H24F2/c1-14-15(2)18(19,20)12-8-7-11-17(14,3)13-16-9-5-4-6-10-16/h4-6,9-10H,7-8,11-13H2,1-3H3/b15-14-. The summed E-state index contributed by atoms with van der Waals surface area (Å²) in [5, 5.41) is 0. The molecule has 0 heterocycles. The number of hydrogen-bond acceptors (Lipinski definition) is 0. The van der Waals surface area contributed by atoms with Crippen molar-refractivity contribution in [3.8, 4) is 0 Å². The van der Waals surface area contributed by atoms with Crippen LogP contribution in [0.4, 0.5) is 8.78 Å². The molecule has 0 fully saturated rings. The van der Waals surface area contributed by atoms with Crippen molar-refractivity contribution in [1.29, 1.82) is 0 Å². The van der Waals surface area contributed by atoms with Gasteiger partial charge in [-0.3, -0.25) is 0 Å². The van der Waals surface area contributed by atoms with Gasteiger partial charge in [-0.2, -0.15) is 0 Å². The molecule has 0 aliphatic heterocycles. The molecule has 1 aromatic carbocycles. The molecule has 0 nitrogen and oxygen atoms in total. The number of hydrogen-bond donors (Lipinski definition) is 0. The molecule has 0 saturated carbocycles. The quantitative estimate of drug-likeness (QED) is 0.601. The molecule has 1 aliphatic carbocycles. The minimum Gasteiger partial charge on any atom is -0.202 e. The van der Waals surface area contributed by atoms with Crippen LogP contribution in [0, 0.1) is 5.41 Å². The van der Waals surface area contributed by atoms with Crippen LogP contribution in [-0.4, -0.2) is 5.92 Å². The van der Waals surface area contributed by atoms with Crippen LogP contribution in [0.2, 0.25) is 0 Å². The summed E-state index contributed by atoms with van der Waals surface area (Å²) in [4.78, 5) is 0. The van der Waals surface area contributed by atoms with E-state index in [-0.39, 0.29) is 17.4 Å². The van der Waals surface area contributed by atoms with Gasteiger partial charge in [0.05, 0.1) is 0 Å². The van der Waals surface area contributed by atoms with Crippen molar-refractivity contribution in [2.24, 2.45) is 5.41 Å². The van der Waals surface area contributed by atoms with E-state index in [1.165, 1.54) is 5.56 Å². The third-order valence-corrected chi connectivity index (χ3v) is 4.92. The molecule has 20 heavy (non-hydrogen) atoms. The average Bonchev–Trinajstić information content (AvgIpc) is 2.42. The van der Waals surface area contributed by atoms with Gasteiger partial charge in [0.1, 0.15) is 0 Å². The molecular weight excluding hydrogens is 254 g/mol. The van der Waals surface area contributed by atoms with Gasteiger partial charge in [0.15, 0.2) is 0 Å². The fourth-order valence-electron chi connectivity index (χ4n) is 3.23. The second-order valence-corrected chi connectivity index (χ2v) is 6.38. The highest BCUT2D eigenvalue weighted by Crippen LogP contribution is 2.45. The molecule has 1 unspecified atom stereocenters. The second kappa shape index (κ2) is 5.67. The molecule has 0 saturated heterocycles. The van der Waals surface area contributed by atoms with Crippen LogP contribution in [0.15, 0.2) is 41.5 Å². The fourth-order valence-corrected chi connectivity index (χ4v) is 3.23. The average molecular weight is 278 g/mol. The van der Waals surface area contributed by atoms with Crippen molar-refractivity contribution >= 4 is 0 Å². The first-order valence-electron chi connectivity index (χ1n) is 7.45. The smallest absolute Gasteiger partial charge is 0.202 e. The zero-order valence-electron chi connectivity index (χ0n) is 12.7. The molecule has 0 N–H and O–H groups in total. The molecule has 1 atom stereocenters. The minimum atomic E-state index is -2.64. The van der Waals surface area contributed by atoms with Gasteiger partial charge in [-0.1, -0.05) is 49.2 Å². The third kappa shape index (κ3) is 3.11. The zero-order chi connectivity index (χ0) is 14.8. The monoisotopic (exact) mass is 278 g/mol. The summed E-state index contributed by atoms with van der Waals surface area (Å²) < 4.78 is 28.2. The van der Waals surface area contributed by atoms with Crippen LogP contribution in [0.1, 0.15) is 52.0 Å². The summed E-state index contributed by atoms with van der Waals surface area (Å²) in [5.74, 6) is -2.64. The maximum Gasteiger partial charge on any atom is 0.269 e. The molecule has 2 heteroatoms. The Morgan fingerprint density at radius 3 is 2.20 bits per heavy atom. The highest BCUT2D eigenvalue weighted by molar-refractivity contribution is 5.28. The minimum absolute atomic E-state index is 0.00239. The number of allylic oxidation sites excluding steroid dienone is 2. The molecule has 0 spiro atoms. The van der Waals surface area contributed by atoms with E-state index in [0.717, 1.165) is 24.8 Å². The van der Waals surface area contributed by atoms with E-state index in [1.807, 2.05) is 25.1 Å². The predicted octanol–water partition coefficient (Wildman–Crippen LogP) is 5.78.